The fraction of sp³-hybridized carbons (Fsp3) is 0.385. The zero-order valence-electron chi connectivity index (χ0n) is 10.7. The molecule has 1 saturated heterocycles. The van der Waals surface area contributed by atoms with E-state index in [1.165, 1.54) is 4.90 Å². The van der Waals surface area contributed by atoms with Gasteiger partial charge in [-0.2, -0.15) is 0 Å². The van der Waals surface area contributed by atoms with Crippen molar-refractivity contribution in [1.82, 2.24) is 15.1 Å². The number of urea groups is 1. The van der Waals surface area contributed by atoms with Crippen LogP contribution in [0.5, 0.6) is 0 Å². The molecule has 0 bridgehead atoms. The number of carbonyl (C=O) groups excluding carboxylic acids is 2. The summed E-state index contributed by atoms with van der Waals surface area (Å²) in [7, 11) is 0. The molecule has 2 rings (SSSR count). The van der Waals surface area contributed by atoms with E-state index in [-0.39, 0.29) is 18.5 Å². The van der Waals surface area contributed by atoms with Gasteiger partial charge >= 0.3 is 6.03 Å². The smallest absolute Gasteiger partial charge is 0.319 e. The van der Waals surface area contributed by atoms with Gasteiger partial charge < -0.3 is 10.2 Å². The zero-order valence-corrected chi connectivity index (χ0v) is 12.3. The third kappa shape index (κ3) is 3.47. The van der Waals surface area contributed by atoms with E-state index >= 15 is 0 Å². The lowest BCUT2D eigenvalue weighted by Crippen LogP contribution is -2.39. The molecule has 3 amide bonds. The summed E-state index contributed by atoms with van der Waals surface area (Å²) in [5, 5.41) is 2.82. The Balaban J connectivity index is 1.85. The number of hydrogen-bond donors (Lipinski definition) is 1. The molecule has 19 heavy (non-hydrogen) atoms. The van der Waals surface area contributed by atoms with Crippen LogP contribution in [0.4, 0.5) is 4.79 Å². The van der Waals surface area contributed by atoms with Crippen LogP contribution < -0.4 is 5.32 Å². The monoisotopic (exact) mass is 325 g/mol. The molecule has 6 heteroatoms. The molecule has 5 nitrogen and oxygen atoms in total. The van der Waals surface area contributed by atoms with Gasteiger partial charge in [0.25, 0.3) is 0 Å². The van der Waals surface area contributed by atoms with E-state index in [1.54, 1.807) is 4.90 Å². The van der Waals surface area contributed by atoms with Crippen LogP contribution in [0.15, 0.2) is 28.7 Å². The maximum Gasteiger partial charge on any atom is 0.319 e. The van der Waals surface area contributed by atoms with E-state index in [0.29, 0.717) is 19.8 Å². The zero-order chi connectivity index (χ0) is 13.8. The summed E-state index contributed by atoms with van der Waals surface area (Å²) < 4.78 is 1.01. The molecular formula is C13H16BrN3O2. The number of hydrogen-bond acceptors (Lipinski definition) is 2. The molecule has 0 spiro atoms. The Bertz CT molecular complexity index is 475. The summed E-state index contributed by atoms with van der Waals surface area (Å²) in [6, 6.07) is 7.54. The molecule has 0 saturated carbocycles. The van der Waals surface area contributed by atoms with Crippen molar-refractivity contribution in [2.45, 2.75) is 13.5 Å². The summed E-state index contributed by atoms with van der Waals surface area (Å²) in [4.78, 5) is 26.6. The minimum absolute atomic E-state index is 0.00120. The molecule has 0 atom stereocenters. The Morgan fingerprint density at radius 1 is 1.37 bits per heavy atom. The summed E-state index contributed by atoms with van der Waals surface area (Å²) in [5.41, 5.74) is 1.02. The van der Waals surface area contributed by atoms with Gasteiger partial charge in [-0.25, -0.2) is 4.79 Å². The number of halogens is 1. The molecule has 1 aliphatic heterocycles. The lowest BCUT2D eigenvalue weighted by atomic mass is 10.2. The van der Waals surface area contributed by atoms with Crippen LogP contribution in [0.3, 0.4) is 0 Å². The van der Waals surface area contributed by atoms with Crippen molar-refractivity contribution >= 4 is 27.9 Å². The van der Waals surface area contributed by atoms with Crippen LogP contribution in [-0.2, 0) is 11.3 Å². The van der Waals surface area contributed by atoms with E-state index in [9.17, 15) is 9.59 Å². The van der Waals surface area contributed by atoms with Crippen molar-refractivity contribution in [1.29, 1.82) is 0 Å². The summed E-state index contributed by atoms with van der Waals surface area (Å²) in [6.45, 7) is 3.54. The van der Waals surface area contributed by atoms with E-state index < -0.39 is 0 Å². The predicted octanol–water partition coefficient (Wildman–Crippen LogP) is 1.78. The molecule has 0 radical (unpaired) electrons. The van der Waals surface area contributed by atoms with Crippen LogP contribution in [0, 0.1) is 0 Å². The predicted molar refractivity (Wildman–Crippen MR) is 75.3 cm³/mol. The van der Waals surface area contributed by atoms with Crippen molar-refractivity contribution in [3.05, 3.63) is 34.3 Å². The highest BCUT2D eigenvalue weighted by Gasteiger charge is 2.29. The normalized spacial score (nSPS) is 14.9. The molecule has 0 aliphatic carbocycles. The number of rotatable bonds is 3. The lowest BCUT2D eigenvalue weighted by molar-refractivity contribution is -0.126. The second-order valence-corrected chi connectivity index (χ2v) is 5.29. The maximum atomic E-state index is 11.9. The van der Waals surface area contributed by atoms with Gasteiger partial charge in [-0.3, -0.25) is 9.69 Å². The van der Waals surface area contributed by atoms with Crippen molar-refractivity contribution in [2.75, 3.05) is 19.8 Å². The highest BCUT2D eigenvalue weighted by Crippen LogP contribution is 2.11. The van der Waals surface area contributed by atoms with E-state index in [0.717, 1.165) is 10.0 Å². The fourth-order valence-corrected chi connectivity index (χ4v) is 2.17. The molecule has 1 aromatic carbocycles. The summed E-state index contributed by atoms with van der Waals surface area (Å²) in [6.07, 6.45) is 0. The van der Waals surface area contributed by atoms with Crippen molar-refractivity contribution < 1.29 is 9.59 Å². The largest absolute Gasteiger partial charge is 0.334 e. The molecule has 1 fully saturated rings. The molecule has 1 N–H and O–H groups in total. The Hall–Kier alpha value is -1.56. The summed E-state index contributed by atoms with van der Waals surface area (Å²) in [5.74, 6) is 0.00120. The van der Waals surface area contributed by atoms with Gasteiger partial charge in [0, 0.05) is 17.6 Å². The molecule has 0 aromatic heterocycles. The number of likely N-dealkylation sites (N-methyl/N-ethyl adjacent to an activating group) is 1. The van der Waals surface area contributed by atoms with Gasteiger partial charge in [0.2, 0.25) is 5.91 Å². The Kier molecular flexibility index (Phi) is 4.42. The SMILES string of the molecule is CCN1CN(C(=O)NCc2ccc(Br)cc2)CC1=O. The lowest BCUT2D eigenvalue weighted by Gasteiger charge is -2.17. The van der Waals surface area contributed by atoms with Crippen LogP contribution in [0.2, 0.25) is 0 Å². The maximum absolute atomic E-state index is 11.9. The number of nitrogens with zero attached hydrogens (tertiary/aromatic N) is 2. The van der Waals surface area contributed by atoms with E-state index in [2.05, 4.69) is 21.2 Å². The second kappa shape index (κ2) is 6.06. The van der Waals surface area contributed by atoms with Gasteiger partial charge in [-0.05, 0) is 24.6 Å². The topological polar surface area (TPSA) is 52.6 Å². The number of amides is 3. The second-order valence-electron chi connectivity index (χ2n) is 4.37. The first-order chi connectivity index (χ1) is 9.10. The Labute approximate surface area is 120 Å². The fourth-order valence-electron chi connectivity index (χ4n) is 1.90. The highest BCUT2D eigenvalue weighted by atomic mass is 79.9. The Morgan fingerprint density at radius 2 is 2.05 bits per heavy atom. The molecule has 0 unspecified atom stereocenters. The van der Waals surface area contributed by atoms with Crippen LogP contribution >= 0.6 is 15.9 Å². The molecule has 1 heterocycles. The summed E-state index contributed by atoms with van der Waals surface area (Å²) >= 11 is 3.36. The van der Waals surface area contributed by atoms with Gasteiger partial charge in [0.15, 0.2) is 0 Å². The number of nitrogens with one attached hydrogen (secondary N) is 1. The average Bonchev–Trinajstić information content (AvgIpc) is 2.79. The minimum atomic E-state index is -0.202. The van der Waals surface area contributed by atoms with Gasteiger partial charge in [0.05, 0.1) is 6.67 Å². The van der Waals surface area contributed by atoms with E-state index in [4.69, 9.17) is 0 Å². The number of benzene rings is 1. The molecule has 1 aliphatic rings. The van der Waals surface area contributed by atoms with Gasteiger partial charge in [-0.1, -0.05) is 28.1 Å². The minimum Gasteiger partial charge on any atom is -0.334 e. The first-order valence-corrected chi connectivity index (χ1v) is 6.94. The van der Waals surface area contributed by atoms with Gasteiger partial charge in [0.1, 0.15) is 6.54 Å². The number of carbonyl (C=O) groups is 2. The standard InChI is InChI=1S/C13H16BrN3O2/c1-2-16-9-17(8-12(16)18)13(19)15-7-10-3-5-11(14)6-4-10/h3-6H,2,7-9H2,1H3,(H,15,19). The highest BCUT2D eigenvalue weighted by molar-refractivity contribution is 9.10. The third-order valence-corrected chi connectivity index (χ3v) is 3.57. The molecular weight excluding hydrogens is 310 g/mol. The average molecular weight is 326 g/mol. The van der Waals surface area contributed by atoms with Gasteiger partial charge in [-0.15, -0.1) is 0 Å². The molecule has 1 aromatic rings. The van der Waals surface area contributed by atoms with Crippen molar-refractivity contribution in [2.24, 2.45) is 0 Å². The quantitative estimate of drug-likeness (QED) is 0.921. The molecule has 102 valence electrons. The third-order valence-electron chi connectivity index (χ3n) is 3.05. The van der Waals surface area contributed by atoms with Crippen molar-refractivity contribution in [3.63, 3.8) is 0 Å². The first-order valence-electron chi connectivity index (χ1n) is 6.15. The van der Waals surface area contributed by atoms with Crippen LogP contribution in [0.25, 0.3) is 0 Å². The van der Waals surface area contributed by atoms with E-state index in [1.807, 2.05) is 31.2 Å². The first kappa shape index (κ1) is 13.9. The van der Waals surface area contributed by atoms with Crippen LogP contribution in [0.1, 0.15) is 12.5 Å². The van der Waals surface area contributed by atoms with Crippen molar-refractivity contribution in [3.8, 4) is 0 Å². The van der Waals surface area contributed by atoms with Crippen LogP contribution in [-0.4, -0.2) is 41.5 Å². The Morgan fingerprint density at radius 3 is 2.63 bits per heavy atom.